The van der Waals surface area contributed by atoms with Gasteiger partial charge in [-0.15, -0.1) is 0 Å². The first kappa shape index (κ1) is 20.1. The summed E-state index contributed by atoms with van der Waals surface area (Å²) in [6, 6.07) is 16.8. The van der Waals surface area contributed by atoms with E-state index in [4.69, 9.17) is 12.2 Å². The van der Waals surface area contributed by atoms with Crippen LogP contribution in [0.4, 0.5) is 0 Å². The summed E-state index contributed by atoms with van der Waals surface area (Å²) in [6.07, 6.45) is 3.79. The van der Waals surface area contributed by atoms with Gasteiger partial charge in [0.2, 0.25) is 0 Å². The minimum absolute atomic E-state index is 0.0380. The number of hydrogen-bond donors (Lipinski definition) is 2. The number of pyridine rings is 1. The monoisotopic (exact) mass is 420 g/mol. The van der Waals surface area contributed by atoms with E-state index in [9.17, 15) is 9.90 Å². The van der Waals surface area contributed by atoms with E-state index in [0.29, 0.717) is 5.92 Å². The Hall–Kier alpha value is -3.19. The van der Waals surface area contributed by atoms with Gasteiger partial charge >= 0.3 is 5.97 Å². The predicted octanol–water partition coefficient (Wildman–Crippen LogP) is 4.20. The molecule has 3 heterocycles. The lowest BCUT2D eigenvalue weighted by molar-refractivity contribution is 0.0697. The quantitative estimate of drug-likeness (QED) is 0.583. The van der Waals surface area contributed by atoms with Gasteiger partial charge in [0.15, 0.2) is 5.11 Å². The maximum atomic E-state index is 11.2. The van der Waals surface area contributed by atoms with E-state index in [2.05, 4.69) is 39.7 Å². The Morgan fingerprint density at radius 1 is 1.17 bits per heavy atom. The molecule has 1 aromatic carbocycles. The Morgan fingerprint density at radius 2 is 1.93 bits per heavy atom. The summed E-state index contributed by atoms with van der Waals surface area (Å²) < 4.78 is 2.09. The van der Waals surface area contributed by atoms with Crippen molar-refractivity contribution in [3.63, 3.8) is 0 Å². The third-order valence-electron chi connectivity index (χ3n) is 5.24. The van der Waals surface area contributed by atoms with Crippen molar-refractivity contribution in [2.45, 2.75) is 25.9 Å². The van der Waals surface area contributed by atoms with Gasteiger partial charge in [-0.2, -0.15) is 0 Å². The van der Waals surface area contributed by atoms with E-state index >= 15 is 0 Å². The second kappa shape index (κ2) is 8.28. The van der Waals surface area contributed by atoms with Gasteiger partial charge < -0.3 is 19.9 Å². The highest BCUT2D eigenvalue weighted by molar-refractivity contribution is 7.80. The van der Waals surface area contributed by atoms with Crippen LogP contribution >= 0.6 is 12.2 Å². The van der Waals surface area contributed by atoms with Crippen LogP contribution in [0.2, 0.25) is 0 Å². The van der Waals surface area contributed by atoms with Crippen molar-refractivity contribution < 1.29 is 9.90 Å². The first-order valence-corrected chi connectivity index (χ1v) is 10.4. The third kappa shape index (κ3) is 3.80. The first-order chi connectivity index (χ1) is 14.5. The van der Waals surface area contributed by atoms with Crippen LogP contribution in [0.5, 0.6) is 0 Å². The van der Waals surface area contributed by atoms with Crippen molar-refractivity contribution in [2.24, 2.45) is 5.92 Å². The number of hydrogen-bond acceptors (Lipinski definition) is 3. The number of nitrogens with zero attached hydrogens (tertiary/aromatic N) is 3. The summed E-state index contributed by atoms with van der Waals surface area (Å²) in [5.41, 5.74) is 3.18. The van der Waals surface area contributed by atoms with E-state index < -0.39 is 5.97 Å². The van der Waals surface area contributed by atoms with Crippen LogP contribution in [-0.4, -0.2) is 37.2 Å². The molecule has 3 aromatic rings. The zero-order valence-corrected chi connectivity index (χ0v) is 17.7. The van der Waals surface area contributed by atoms with Crippen molar-refractivity contribution in [3.8, 4) is 5.69 Å². The molecule has 0 radical (unpaired) electrons. The van der Waals surface area contributed by atoms with Crippen LogP contribution in [-0.2, 0) is 0 Å². The average Bonchev–Trinajstić information content (AvgIpc) is 3.33. The number of aromatic nitrogens is 2. The number of carbonyl (C=O) groups is 1. The van der Waals surface area contributed by atoms with Gasteiger partial charge in [0.1, 0.15) is 0 Å². The maximum absolute atomic E-state index is 11.2. The van der Waals surface area contributed by atoms with Crippen molar-refractivity contribution in [1.82, 2.24) is 19.8 Å². The largest absolute Gasteiger partial charge is 0.478 e. The zero-order valence-electron chi connectivity index (χ0n) is 16.9. The van der Waals surface area contributed by atoms with Crippen LogP contribution in [0.15, 0.2) is 67.0 Å². The fourth-order valence-corrected chi connectivity index (χ4v) is 4.27. The van der Waals surface area contributed by atoms with Crippen LogP contribution < -0.4 is 5.32 Å². The molecule has 1 fully saturated rings. The summed E-state index contributed by atoms with van der Waals surface area (Å²) in [4.78, 5) is 18.0. The highest BCUT2D eigenvalue weighted by Gasteiger charge is 2.41. The molecule has 154 valence electrons. The number of carboxylic acids is 1. The van der Waals surface area contributed by atoms with Crippen molar-refractivity contribution in [1.29, 1.82) is 0 Å². The zero-order chi connectivity index (χ0) is 21.3. The maximum Gasteiger partial charge on any atom is 0.335 e. The molecule has 2 atom stereocenters. The molecule has 1 aliphatic heterocycles. The van der Waals surface area contributed by atoms with Gasteiger partial charge in [-0.05, 0) is 66.7 Å². The molecule has 2 N–H and O–H groups in total. The fraction of sp³-hybridized carbons (Fsp3) is 0.261. The molecule has 0 aliphatic carbocycles. The molecule has 0 spiro atoms. The molecule has 0 saturated carbocycles. The minimum Gasteiger partial charge on any atom is -0.478 e. The van der Waals surface area contributed by atoms with Crippen LogP contribution in [0.3, 0.4) is 0 Å². The van der Waals surface area contributed by atoms with E-state index in [1.54, 1.807) is 18.3 Å². The molecule has 6 nitrogen and oxygen atoms in total. The lowest BCUT2D eigenvalue weighted by Gasteiger charge is -2.30. The number of carboxylic acid groups (broad SMARTS) is 1. The number of benzene rings is 1. The normalized spacial score (nSPS) is 18.6. The van der Waals surface area contributed by atoms with E-state index in [0.717, 1.165) is 28.7 Å². The molecule has 0 amide bonds. The topological polar surface area (TPSA) is 70.4 Å². The molecular weight excluding hydrogens is 396 g/mol. The molecular formula is C23H24N4O2S. The molecule has 4 rings (SSSR count). The van der Waals surface area contributed by atoms with Gasteiger partial charge in [0, 0.05) is 30.3 Å². The predicted molar refractivity (Wildman–Crippen MR) is 120 cm³/mol. The second-order valence-corrected chi connectivity index (χ2v) is 8.21. The van der Waals surface area contributed by atoms with Crippen molar-refractivity contribution in [2.75, 3.05) is 6.54 Å². The average molecular weight is 421 g/mol. The molecule has 30 heavy (non-hydrogen) atoms. The lowest BCUT2D eigenvalue weighted by Crippen LogP contribution is -2.33. The first-order valence-electron chi connectivity index (χ1n) is 9.94. The molecule has 1 saturated heterocycles. The van der Waals surface area contributed by atoms with Gasteiger partial charge in [-0.1, -0.05) is 19.9 Å². The molecule has 1 aliphatic rings. The SMILES string of the molecule is CC(C)CN1C(=S)N[C@H](c2ccccn2)[C@H]1c1cccn1-c1ccc(C(=O)O)cc1. The second-order valence-electron chi connectivity index (χ2n) is 7.83. The highest BCUT2D eigenvalue weighted by Crippen LogP contribution is 2.39. The highest BCUT2D eigenvalue weighted by atomic mass is 32.1. The van der Waals surface area contributed by atoms with Gasteiger partial charge in [-0.3, -0.25) is 4.98 Å². The number of aromatic carboxylic acids is 1. The summed E-state index contributed by atoms with van der Waals surface area (Å²) in [5, 5.41) is 13.4. The van der Waals surface area contributed by atoms with Gasteiger partial charge in [0.25, 0.3) is 0 Å². The minimum atomic E-state index is -0.932. The Morgan fingerprint density at radius 3 is 2.57 bits per heavy atom. The summed E-state index contributed by atoms with van der Waals surface area (Å²) in [6.45, 7) is 5.18. The van der Waals surface area contributed by atoms with Crippen molar-refractivity contribution in [3.05, 3.63) is 83.9 Å². The summed E-state index contributed by atoms with van der Waals surface area (Å²) >= 11 is 5.71. The van der Waals surface area contributed by atoms with Gasteiger partial charge in [-0.25, -0.2) is 4.79 Å². The van der Waals surface area contributed by atoms with E-state index in [1.165, 1.54) is 0 Å². The Bertz CT molecular complexity index is 1050. The molecule has 2 aromatic heterocycles. The molecule has 7 heteroatoms. The Kier molecular flexibility index (Phi) is 5.55. The van der Waals surface area contributed by atoms with E-state index in [-0.39, 0.29) is 17.6 Å². The van der Waals surface area contributed by atoms with E-state index in [1.807, 2.05) is 42.6 Å². The number of thiocarbonyl (C=S) groups is 1. The number of nitrogens with one attached hydrogen (secondary N) is 1. The number of rotatable bonds is 6. The fourth-order valence-electron chi connectivity index (χ4n) is 3.95. The molecule has 0 bridgehead atoms. The Balaban J connectivity index is 1.78. The van der Waals surface area contributed by atoms with Gasteiger partial charge in [0.05, 0.1) is 23.3 Å². The Labute approximate surface area is 181 Å². The molecule has 0 unspecified atom stereocenters. The standard InChI is InChI=1S/C23H24N4O2S/c1-15(2)14-27-21(20(25-23(27)30)18-6-3-4-12-24-18)19-7-5-13-26(19)17-10-8-16(9-11-17)22(28)29/h3-13,15,20-21H,14H2,1-2H3,(H,25,30)(H,28,29)/t20-,21-/m1/s1. The van der Waals surface area contributed by atoms with Crippen molar-refractivity contribution >= 4 is 23.3 Å². The lowest BCUT2D eigenvalue weighted by atomic mass is 10.0. The summed E-state index contributed by atoms with van der Waals surface area (Å²) in [7, 11) is 0. The van der Waals surface area contributed by atoms with Crippen LogP contribution in [0.1, 0.15) is 47.7 Å². The van der Waals surface area contributed by atoms with Crippen LogP contribution in [0, 0.1) is 5.92 Å². The third-order valence-corrected chi connectivity index (χ3v) is 5.59. The smallest absolute Gasteiger partial charge is 0.335 e. The van der Waals surface area contributed by atoms with Crippen LogP contribution in [0.25, 0.3) is 5.69 Å². The summed E-state index contributed by atoms with van der Waals surface area (Å²) in [5.74, 6) is -0.494.